The van der Waals surface area contributed by atoms with Crippen LogP contribution in [0.25, 0.3) is 22.3 Å². The molecular formula is C56H58N6O9. The molecule has 0 saturated carbocycles. The summed E-state index contributed by atoms with van der Waals surface area (Å²) in [7, 11) is 2.51. The molecule has 0 N–H and O–H groups in total. The van der Waals surface area contributed by atoms with Gasteiger partial charge in [-0.25, -0.2) is 19.2 Å². The molecule has 0 amide bonds. The van der Waals surface area contributed by atoms with Crippen LogP contribution in [0.5, 0.6) is 0 Å². The number of nitrogens with zero attached hydrogens (tertiary/aromatic N) is 6. The minimum absolute atomic E-state index is 0.0605. The Kier molecular flexibility index (Phi) is 15.7. The Hall–Kier alpha value is -7.62. The number of carbonyl (C=O) groups excluding carboxylic acids is 4. The maximum Gasteiger partial charge on any atom is 0.340 e. The predicted molar refractivity (Wildman–Crippen MR) is 267 cm³/mol. The van der Waals surface area contributed by atoms with Crippen molar-refractivity contribution in [3.05, 3.63) is 171 Å². The van der Waals surface area contributed by atoms with E-state index in [1.807, 2.05) is 36.4 Å². The number of esters is 4. The fourth-order valence-electron chi connectivity index (χ4n) is 9.76. The molecular weight excluding hydrogens is 901 g/mol. The lowest BCUT2D eigenvalue weighted by atomic mass is 9.92. The molecule has 0 spiro atoms. The second-order valence-electron chi connectivity index (χ2n) is 18.1. The number of carbonyl (C=O) groups is 4. The van der Waals surface area contributed by atoms with E-state index in [1.165, 1.54) is 20.3 Å². The van der Waals surface area contributed by atoms with Gasteiger partial charge in [0.05, 0.1) is 59.2 Å². The van der Waals surface area contributed by atoms with Crippen molar-refractivity contribution in [2.45, 2.75) is 78.7 Å². The number of ether oxygens (including phenoxy) is 4. The number of hydrogen-bond donors (Lipinski definition) is 0. The van der Waals surface area contributed by atoms with E-state index in [-0.39, 0.29) is 44.8 Å². The Balaban J connectivity index is 1.10. The summed E-state index contributed by atoms with van der Waals surface area (Å²) in [4.78, 5) is 69.9. The van der Waals surface area contributed by atoms with Crippen molar-refractivity contribution >= 4 is 35.3 Å². The van der Waals surface area contributed by atoms with Crippen LogP contribution in [-0.2, 0) is 32.0 Å². The maximum atomic E-state index is 14.4. The van der Waals surface area contributed by atoms with Gasteiger partial charge in [0.1, 0.15) is 17.9 Å². The summed E-state index contributed by atoms with van der Waals surface area (Å²) >= 11 is 0. The van der Waals surface area contributed by atoms with E-state index in [2.05, 4.69) is 49.1 Å². The first-order valence-corrected chi connectivity index (χ1v) is 23.8. The molecule has 2 aliphatic rings. The SMILES string of the molecule is COC(=O)c1c(C)nc(C)c(C(=O)OC2CCCN(Cc3ccccc3)C2)c1-c1cccc(N=[N+]([O-])c2cccc(-c3c(C(=O)OC)c(C)nc(C)c3C(=O)OC3CCCN(Cc4ccccc4)C3)c2)c1. The van der Waals surface area contributed by atoms with Crippen molar-refractivity contribution in [2.75, 3.05) is 40.4 Å². The van der Waals surface area contributed by atoms with Gasteiger partial charge < -0.3 is 24.2 Å². The molecule has 2 atom stereocenters. The summed E-state index contributed by atoms with van der Waals surface area (Å²) in [5.74, 6) is -2.69. The molecule has 4 aromatic carbocycles. The zero-order valence-electron chi connectivity index (χ0n) is 41.0. The third kappa shape index (κ3) is 11.5. The van der Waals surface area contributed by atoms with Gasteiger partial charge in [0.25, 0.3) is 0 Å². The molecule has 2 aliphatic heterocycles. The van der Waals surface area contributed by atoms with Gasteiger partial charge in [-0.05, 0) is 101 Å². The summed E-state index contributed by atoms with van der Waals surface area (Å²) in [6.45, 7) is 10.9. The quantitative estimate of drug-likeness (QED) is 0.0332. The van der Waals surface area contributed by atoms with Gasteiger partial charge in [0, 0.05) is 54.6 Å². The number of benzene rings is 4. The molecule has 2 aromatic heterocycles. The molecule has 8 rings (SSSR count). The summed E-state index contributed by atoms with van der Waals surface area (Å²) < 4.78 is 22.9. The highest BCUT2D eigenvalue weighted by Gasteiger charge is 2.33. The first-order valence-electron chi connectivity index (χ1n) is 23.8. The van der Waals surface area contributed by atoms with Crippen LogP contribution >= 0.6 is 0 Å². The van der Waals surface area contributed by atoms with E-state index in [0.29, 0.717) is 71.2 Å². The first kappa shape index (κ1) is 49.8. The average Bonchev–Trinajstić information content (AvgIpc) is 3.36. The fraction of sp³-hybridized carbons (Fsp3) is 0.321. The molecule has 2 unspecified atom stereocenters. The Labute approximate surface area is 413 Å². The van der Waals surface area contributed by atoms with Gasteiger partial charge in [0.2, 0.25) is 5.69 Å². The normalized spacial score (nSPS) is 16.5. The van der Waals surface area contributed by atoms with Crippen molar-refractivity contribution in [2.24, 2.45) is 5.11 Å². The van der Waals surface area contributed by atoms with Gasteiger partial charge in [-0.1, -0.05) is 89.8 Å². The van der Waals surface area contributed by atoms with Crippen molar-refractivity contribution in [3.8, 4) is 22.3 Å². The molecule has 4 heterocycles. The Morgan fingerprint density at radius 1 is 0.577 bits per heavy atom. The second kappa shape index (κ2) is 22.4. The predicted octanol–water partition coefficient (Wildman–Crippen LogP) is 10.2. The number of aryl methyl sites for hydroxylation is 4. The van der Waals surface area contributed by atoms with Crippen LogP contribution in [0.2, 0.25) is 0 Å². The zero-order valence-corrected chi connectivity index (χ0v) is 41.0. The van der Waals surface area contributed by atoms with Crippen LogP contribution < -0.4 is 0 Å². The monoisotopic (exact) mass is 958 g/mol. The number of methoxy groups -OCH3 is 2. The number of pyridine rings is 2. The molecule has 0 bridgehead atoms. The fourth-order valence-corrected chi connectivity index (χ4v) is 9.76. The lowest BCUT2D eigenvalue weighted by Crippen LogP contribution is -2.40. The van der Waals surface area contributed by atoms with Gasteiger partial charge >= 0.3 is 23.9 Å². The summed E-state index contributed by atoms with van der Waals surface area (Å²) in [5, 5.41) is 18.6. The van der Waals surface area contributed by atoms with Crippen LogP contribution in [-0.4, -0.2) is 101 Å². The lowest BCUT2D eigenvalue weighted by Gasteiger charge is -2.32. The summed E-state index contributed by atoms with van der Waals surface area (Å²) in [6.07, 6.45) is 2.20. The highest BCUT2D eigenvalue weighted by molar-refractivity contribution is 6.08. The van der Waals surface area contributed by atoms with E-state index >= 15 is 0 Å². The number of likely N-dealkylation sites (tertiary alicyclic amines) is 2. The molecule has 6 aromatic rings. The molecule has 15 nitrogen and oxygen atoms in total. The number of aromatic nitrogens is 2. The van der Waals surface area contributed by atoms with Crippen LogP contribution in [0.15, 0.2) is 114 Å². The van der Waals surface area contributed by atoms with Crippen LogP contribution in [0, 0.1) is 32.9 Å². The summed E-state index contributed by atoms with van der Waals surface area (Å²) in [6, 6.07) is 33.2. The van der Waals surface area contributed by atoms with Crippen LogP contribution in [0.3, 0.4) is 0 Å². The highest BCUT2D eigenvalue weighted by Crippen LogP contribution is 2.38. The average molecular weight is 959 g/mol. The van der Waals surface area contributed by atoms with Gasteiger partial charge in [-0.2, -0.15) is 0 Å². The second-order valence-corrected chi connectivity index (χ2v) is 18.1. The topological polar surface area (TPSA) is 176 Å². The van der Waals surface area contributed by atoms with Crippen molar-refractivity contribution in [1.82, 2.24) is 19.8 Å². The standard InChI is InChI=1S/C56H58N6O9/c1-35-47(53(63)68-5)51(49(37(3)57-35)55(65)70-45-25-15-27-60(33-45)31-39-17-9-7-10-18-39)41-21-13-23-43(29-41)59-62(67)44-24-14-22-42(30-44)52-48(54(64)69-6)36(2)58-38(4)50(52)56(66)71-46-26-16-28-61(34-46)32-40-19-11-8-12-20-40/h7-14,17-24,29-30,45-46H,15-16,25-28,31-34H2,1-6H3. The van der Waals surface area contributed by atoms with E-state index in [9.17, 15) is 24.4 Å². The molecule has 0 aliphatic carbocycles. The third-order valence-corrected chi connectivity index (χ3v) is 13.0. The van der Waals surface area contributed by atoms with Gasteiger partial charge in [-0.3, -0.25) is 19.8 Å². The minimum atomic E-state index is -0.712. The zero-order chi connectivity index (χ0) is 50.2. The Morgan fingerprint density at radius 2 is 1.00 bits per heavy atom. The first-order chi connectivity index (χ1) is 34.3. The Bertz CT molecular complexity index is 2980. The van der Waals surface area contributed by atoms with Crippen LogP contribution in [0.1, 0.15) is 101 Å². The number of rotatable bonds is 14. The number of azo groups is 1. The molecule has 0 radical (unpaired) electrons. The van der Waals surface area contributed by atoms with E-state index < -0.39 is 36.1 Å². The minimum Gasteiger partial charge on any atom is -0.594 e. The molecule has 366 valence electrons. The van der Waals surface area contributed by atoms with Crippen LogP contribution in [0.4, 0.5) is 11.4 Å². The van der Waals surface area contributed by atoms with Crippen molar-refractivity contribution in [3.63, 3.8) is 0 Å². The summed E-state index contributed by atoms with van der Waals surface area (Å²) in [5.41, 5.74) is 5.52. The molecule has 2 fully saturated rings. The largest absolute Gasteiger partial charge is 0.594 e. The number of piperidine rings is 2. The molecule has 71 heavy (non-hydrogen) atoms. The van der Waals surface area contributed by atoms with Crippen molar-refractivity contribution in [1.29, 1.82) is 0 Å². The lowest BCUT2D eigenvalue weighted by molar-refractivity contribution is -0.435. The maximum absolute atomic E-state index is 14.4. The molecule has 15 heteroatoms. The van der Waals surface area contributed by atoms with E-state index in [0.717, 1.165) is 43.6 Å². The Morgan fingerprint density at radius 3 is 1.45 bits per heavy atom. The third-order valence-electron chi connectivity index (χ3n) is 13.0. The van der Waals surface area contributed by atoms with Crippen molar-refractivity contribution < 1.29 is 43.0 Å². The molecule has 2 saturated heterocycles. The smallest absolute Gasteiger partial charge is 0.340 e. The van der Waals surface area contributed by atoms with E-state index in [1.54, 1.807) is 70.2 Å². The van der Waals surface area contributed by atoms with E-state index in [4.69, 9.17) is 18.9 Å². The number of hydrogen-bond acceptors (Lipinski definition) is 14. The highest BCUT2D eigenvalue weighted by atomic mass is 16.6. The van der Waals surface area contributed by atoms with Gasteiger partial charge in [0.15, 0.2) is 0 Å². The van der Waals surface area contributed by atoms with Gasteiger partial charge in [-0.15, -0.1) is 0 Å².